The van der Waals surface area contributed by atoms with Gasteiger partial charge in [0.15, 0.2) is 5.78 Å². The molecular formula is C17H12O. The zero-order valence-corrected chi connectivity index (χ0v) is 9.84. The first-order valence-corrected chi connectivity index (χ1v) is 5.93. The molecule has 0 unspecified atom stereocenters. The Morgan fingerprint density at radius 3 is 1.33 bits per heavy atom. The second-order valence-electron chi connectivity index (χ2n) is 4.25. The Hall–Kier alpha value is -2.41. The molecule has 0 saturated heterocycles. The van der Waals surface area contributed by atoms with E-state index in [9.17, 15) is 4.79 Å². The largest absolute Gasteiger partial charge is 0.290 e. The number of ketones is 1. The van der Waals surface area contributed by atoms with Gasteiger partial charge in [-0.2, -0.15) is 0 Å². The van der Waals surface area contributed by atoms with Crippen molar-refractivity contribution in [3.63, 3.8) is 0 Å². The molecule has 86 valence electrons. The van der Waals surface area contributed by atoms with Crippen molar-refractivity contribution in [2.45, 2.75) is 0 Å². The molecule has 18 heavy (non-hydrogen) atoms. The minimum absolute atomic E-state index is 0.0627. The van der Waals surface area contributed by atoms with Crippen LogP contribution in [0.4, 0.5) is 0 Å². The minimum Gasteiger partial charge on any atom is -0.290 e. The van der Waals surface area contributed by atoms with Crippen molar-refractivity contribution < 1.29 is 4.79 Å². The molecule has 0 amide bonds. The lowest BCUT2D eigenvalue weighted by Crippen LogP contribution is -1.86. The van der Waals surface area contributed by atoms with E-state index in [1.165, 1.54) is 0 Å². The predicted octanol–water partition coefficient (Wildman–Crippen LogP) is 3.74. The summed E-state index contributed by atoms with van der Waals surface area (Å²) in [6.07, 6.45) is 3.41. The quantitative estimate of drug-likeness (QED) is 0.771. The summed E-state index contributed by atoms with van der Waals surface area (Å²) in [5, 5.41) is 0. The van der Waals surface area contributed by atoms with E-state index in [-0.39, 0.29) is 5.78 Å². The Morgan fingerprint density at radius 2 is 0.944 bits per heavy atom. The Kier molecular flexibility index (Phi) is 2.66. The molecule has 1 aliphatic carbocycles. The lowest BCUT2D eigenvalue weighted by molar-refractivity contribution is -0.110. The van der Waals surface area contributed by atoms with Crippen LogP contribution < -0.4 is 0 Å². The summed E-state index contributed by atoms with van der Waals surface area (Å²) in [5.41, 5.74) is 4.18. The molecule has 0 fully saturated rings. The van der Waals surface area contributed by atoms with Crippen molar-refractivity contribution in [2.24, 2.45) is 0 Å². The summed E-state index contributed by atoms with van der Waals surface area (Å²) < 4.78 is 0. The number of carbonyl (C=O) groups excluding carboxylic acids is 1. The first-order valence-electron chi connectivity index (χ1n) is 5.93. The van der Waals surface area contributed by atoms with Crippen LogP contribution in [0.2, 0.25) is 0 Å². The van der Waals surface area contributed by atoms with E-state index in [2.05, 4.69) is 0 Å². The molecule has 0 aliphatic heterocycles. The molecule has 0 N–H and O–H groups in total. The Balaban J connectivity index is 2.09. The van der Waals surface area contributed by atoms with E-state index in [1.807, 2.05) is 60.7 Å². The van der Waals surface area contributed by atoms with E-state index < -0.39 is 0 Å². The van der Waals surface area contributed by atoms with Gasteiger partial charge in [-0.3, -0.25) is 4.79 Å². The molecule has 0 bridgehead atoms. The van der Waals surface area contributed by atoms with Gasteiger partial charge in [0.25, 0.3) is 0 Å². The number of allylic oxidation sites excluding steroid dienone is 4. The fourth-order valence-corrected chi connectivity index (χ4v) is 2.19. The zero-order chi connectivity index (χ0) is 12.4. The lowest BCUT2D eigenvalue weighted by atomic mass is 9.95. The number of carbonyl (C=O) groups is 1. The molecule has 1 heteroatoms. The maximum Gasteiger partial charge on any atom is 0.179 e. The maximum absolute atomic E-state index is 11.7. The maximum atomic E-state index is 11.7. The van der Waals surface area contributed by atoms with Gasteiger partial charge in [-0.05, 0) is 34.4 Å². The standard InChI is InChI=1S/C17H12O/c18-15-11-16(13-7-3-1-4-8-13)17(12-15)14-9-5-2-6-10-14/h1-12H. The highest BCUT2D eigenvalue weighted by molar-refractivity contribution is 6.25. The minimum atomic E-state index is 0.0627. The molecule has 3 rings (SSSR count). The average molecular weight is 232 g/mol. The van der Waals surface area contributed by atoms with Gasteiger partial charge in [0.2, 0.25) is 0 Å². The van der Waals surface area contributed by atoms with Gasteiger partial charge in [-0.15, -0.1) is 0 Å². The van der Waals surface area contributed by atoms with Crippen molar-refractivity contribution in [2.75, 3.05) is 0 Å². The first kappa shape index (κ1) is 10.7. The predicted molar refractivity (Wildman–Crippen MR) is 73.8 cm³/mol. The monoisotopic (exact) mass is 232 g/mol. The van der Waals surface area contributed by atoms with E-state index in [4.69, 9.17) is 0 Å². The molecule has 2 aromatic rings. The normalized spacial score (nSPS) is 14.3. The molecule has 0 radical (unpaired) electrons. The molecule has 0 heterocycles. The summed E-state index contributed by atoms with van der Waals surface area (Å²) in [6.45, 7) is 0. The Bertz CT molecular complexity index is 576. The third kappa shape index (κ3) is 1.91. The molecule has 1 nitrogen and oxygen atoms in total. The van der Waals surface area contributed by atoms with Crippen molar-refractivity contribution in [3.05, 3.63) is 83.9 Å². The highest BCUT2D eigenvalue weighted by Gasteiger charge is 2.17. The third-order valence-corrected chi connectivity index (χ3v) is 3.03. The summed E-state index contributed by atoms with van der Waals surface area (Å²) in [5.74, 6) is 0.0627. The van der Waals surface area contributed by atoms with E-state index in [0.29, 0.717) is 0 Å². The summed E-state index contributed by atoms with van der Waals surface area (Å²) in [6, 6.07) is 20.0. The van der Waals surface area contributed by atoms with Crippen LogP contribution in [-0.4, -0.2) is 5.78 Å². The molecule has 0 atom stereocenters. The Morgan fingerprint density at radius 1 is 0.556 bits per heavy atom. The van der Waals surface area contributed by atoms with Crippen LogP contribution in [0.1, 0.15) is 11.1 Å². The molecule has 2 aromatic carbocycles. The van der Waals surface area contributed by atoms with Crippen molar-refractivity contribution in [1.82, 2.24) is 0 Å². The van der Waals surface area contributed by atoms with E-state index >= 15 is 0 Å². The van der Waals surface area contributed by atoms with Gasteiger partial charge in [0.05, 0.1) is 0 Å². The molecule has 0 aromatic heterocycles. The highest BCUT2D eigenvalue weighted by Crippen LogP contribution is 2.34. The van der Waals surface area contributed by atoms with Gasteiger partial charge in [-0.1, -0.05) is 60.7 Å². The summed E-state index contributed by atoms with van der Waals surface area (Å²) in [7, 11) is 0. The summed E-state index contributed by atoms with van der Waals surface area (Å²) in [4.78, 5) is 11.7. The van der Waals surface area contributed by atoms with Gasteiger partial charge in [0.1, 0.15) is 0 Å². The number of hydrogen-bond donors (Lipinski definition) is 0. The van der Waals surface area contributed by atoms with Crippen LogP contribution in [0.3, 0.4) is 0 Å². The van der Waals surface area contributed by atoms with Gasteiger partial charge in [-0.25, -0.2) is 0 Å². The second kappa shape index (κ2) is 4.46. The van der Waals surface area contributed by atoms with Crippen LogP contribution >= 0.6 is 0 Å². The molecular weight excluding hydrogens is 220 g/mol. The van der Waals surface area contributed by atoms with Crippen molar-refractivity contribution >= 4 is 16.9 Å². The number of rotatable bonds is 2. The second-order valence-corrected chi connectivity index (χ2v) is 4.25. The number of benzene rings is 2. The lowest BCUT2D eigenvalue weighted by Gasteiger charge is -2.08. The van der Waals surface area contributed by atoms with Crippen LogP contribution in [0.15, 0.2) is 72.8 Å². The highest BCUT2D eigenvalue weighted by atomic mass is 16.1. The zero-order valence-electron chi connectivity index (χ0n) is 9.84. The van der Waals surface area contributed by atoms with Gasteiger partial charge < -0.3 is 0 Å². The fourth-order valence-electron chi connectivity index (χ4n) is 2.19. The average Bonchev–Trinajstić information content (AvgIpc) is 2.83. The van der Waals surface area contributed by atoms with E-state index in [0.717, 1.165) is 22.3 Å². The van der Waals surface area contributed by atoms with Crippen LogP contribution in [0.25, 0.3) is 11.1 Å². The summed E-state index contributed by atoms with van der Waals surface area (Å²) >= 11 is 0. The third-order valence-electron chi connectivity index (χ3n) is 3.03. The van der Waals surface area contributed by atoms with Crippen LogP contribution in [0.5, 0.6) is 0 Å². The van der Waals surface area contributed by atoms with Crippen LogP contribution in [-0.2, 0) is 4.79 Å². The van der Waals surface area contributed by atoms with Gasteiger partial charge >= 0.3 is 0 Å². The molecule has 0 saturated carbocycles. The topological polar surface area (TPSA) is 17.1 Å². The van der Waals surface area contributed by atoms with Crippen molar-refractivity contribution in [1.29, 1.82) is 0 Å². The smallest absolute Gasteiger partial charge is 0.179 e. The SMILES string of the molecule is O=C1C=C(c2ccccc2)C(c2ccccc2)=C1. The van der Waals surface area contributed by atoms with Crippen LogP contribution in [0, 0.1) is 0 Å². The van der Waals surface area contributed by atoms with E-state index in [1.54, 1.807) is 12.2 Å². The first-order chi connectivity index (χ1) is 8.84. The van der Waals surface area contributed by atoms with Crippen molar-refractivity contribution in [3.8, 4) is 0 Å². The van der Waals surface area contributed by atoms with Gasteiger partial charge in [0, 0.05) is 0 Å². The number of hydrogen-bond acceptors (Lipinski definition) is 1. The molecule has 0 spiro atoms. The Labute approximate surface area is 106 Å². The fraction of sp³-hybridized carbons (Fsp3) is 0. The molecule has 1 aliphatic rings.